The molecule has 98 valence electrons. The Hall–Kier alpha value is -1.10. The van der Waals surface area contributed by atoms with Crippen LogP contribution in [0.4, 0.5) is 5.69 Å². The monoisotopic (exact) mass is 268 g/mol. The van der Waals surface area contributed by atoms with Crippen molar-refractivity contribution >= 4 is 23.2 Å². The number of nitrogens with zero attached hydrogens (tertiary/aromatic N) is 1. The maximum atomic E-state index is 12.1. The molecule has 0 radical (unpaired) electrons. The van der Waals surface area contributed by atoms with E-state index in [1.165, 1.54) is 0 Å². The van der Waals surface area contributed by atoms with Crippen LogP contribution < -0.4 is 5.32 Å². The molecular formula is C13H17ClN2O2. The Morgan fingerprint density at radius 3 is 2.89 bits per heavy atom. The fourth-order valence-electron chi connectivity index (χ4n) is 2.09. The molecule has 1 unspecified atom stereocenters. The zero-order valence-electron chi connectivity index (χ0n) is 10.3. The summed E-state index contributed by atoms with van der Waals surface area (Å²) in [4.78, 5) is 14.0. The van der Waals surface area contributed by atoms with Crippen molar-refractivity contribution in [2.45, 2.75) is 25.5 Å². The van der Waals surface area contributed by atoms with Crippen molar-refractivity contribution < 1.29 is 9.90 Å². The topological polar surface area (TPSA) is 52.6 Å². The van der Waals surface area contributed by atoms with Crippen LogP contribution in [0.15, 0.2) is 24.3 Å². The summed E-state index contributed by atoms with van der Waals surface area (Å²) in [5, 5.41) is 12.8. The van der Waals surface area contributed by atoms with E-state index in [4.69, 9.17) is 11.6 Å². The molecule has 0 saturated carbocycles. The van der Waals surface area contributed by atoms with Gasteiger partial charge in [-0.15, -0.1) is 0 Å². The second-order valence-electron chi connectivity index (χ2n) is 4.58. The van der Waals surface area contributed by atoms with E-state index >= 15 is 0 Å². The Bertz CT molecular complexity index is 439. The summed E-state index contributed by atoms with van der Waals surface area (Å²) in [5.41, 5.74) is 0.621. The number of nitrogens with one attached hydrogen (secondary N) is 1. The molecule has 2 atom stereocenters. The summed E-state index contributed by atoms with van der Waals surface area (Å²) >= 11 is 5.99. The van der Waals surface area contributed by atoms with Gasteiger partial charge in [0.1, 0.15) is 0 Å². The number of halogens is 1. The van der Waals surface area contributed by atoms with E-state index in [0.29, 0.717) is 17.3 Å². The molecule has 0 bridgehead atoms. The van der Waals surface area contributed by atoms with Crippen molar-refractivity contribution in [1.82, 2.24) is 4.90 Å². The van der Waals surface area contributed by atoms with Crippen molar-refractivity contribution in [2.24, 2.45) is 0 Å². The molecule has 1 aromatic rings. The number of anilines is 1. The quantitative estimate of drug-likeness (QED) is 0.878. The van der Waals surface area contributed by atoms with Gasteiger partial charge >= 0.3 is 0 Å². The molecule has 0 spiro atoms. The minimum absolute atomic E-state index is 0.0998. The van der Waals surface area contributed by atoms with E-state index in [1.54, 1.807) is 12.1 Å². The predicted molar refractivity (Wildman–Crippen MR) is 71.7 cm³/mol. The van der Waals surface area contributed by atoms with Crippen LogP contribution in [0.2, 0.25) is 5.02 Å². The van der Waals surface area contributed by atoms with E-state index < -0.39 is 0 Å². The molecule has 1 aliphatic rings. The van der Waals surface area contributed by atoms with Crippen molar-refractivity contribution in [3.63, 3.8) is 0 Å². The van der Waals surface area contributed by atoms with E-state index in [9.17, 15) is 9.90 Å². The highest BCUT2D eigenvalue weighted by Gasteiger charge is 2.28. The lowest BCUT2D eigenvalue weighted by Gasteiger charge is -2.23. The minimum atomic E-state index is -0.319. The van der Waals surface area contributed by atoms with Gasteiger partial charge in [-0.2, -0.15) is 0 Å². The van der Waals surface area contributed by atoms with Crippen LogP contribution >= 0.6 is 11.6 Å². The number of carbonyl (C=O) groups is 1. The first-order valence-corrected chi connectivity index (χ1v) is 6.43. The SMILES string of the molecule is CC(C(=O)Nc1ccccc1Cl)N1CC[C@H](O)C1. The predicted octanol–water partition coefficient (Wildman–Crippen LogP) is 1.73. The number of rotatable bonds is 3. The average molecular weight is 269 g/mol. The number of aliphatic hydroxyl groups is 1. The lowest BCUT2D eigenvalue weighted by Crippen LogP contribution is -2.41. The molecular weight excluding hydrogens is 252 g/mol. The number of benzene rings is 1. The van der Waals surface area contributed by atoms with Gasteiger partial charge in [0.2, 0.25) is 5.91 Å². The number of para-hydroxylation sites is 1. The lowest BCUT2D eigenvalue weighted by atomic mass is 10.2. The Morgan fingerprint density at radius 1 is 1.56 bits per heavy atom. The van der Waals surface area contributed by atoms with Crippen LogP contribution in [0.25, 0.3) is 0 Å². The zero-order valence-corrected chi connectivity index (χ0v) is 11.0. The third-order valence-corrected chi connectivity index (χ3v) is 3.58. The summed E-state index contributed by atoms with van der Waals surface area (Å²) in [6.45, 7) is 3.14. The molecule has 1 aromatic carbocycles. The minimum Gasteiger partial charge on any atom is -0.392 e. The van der Waals surface area contributed by atoms with Gasteiger partial charge in [-0.1, -0.05) is 23.7 Å². The molecule has 1 aliphatic heterocycles. The number of β-amino-alcohol motifs (C(OH)–C–C–N with tert-alkyl or cyclic N) is 1. The molecule has 1 heterocycles. The normalized spacial score (nSPS) is 21.8. The van der Waals surface area contributed by atoms with Gasteiger partial charge in [0, 0.05) is 13.1 Å². The van der Waals surface area contributed by atoms with Gasteiger partial charge < -0.3 is 10.4 Å². The molecule has 18 heavy (non-hydrogen) atoms. The highest BCUT2D eigenvalue weighted by molar-refractivity contribution is 6.33. The number of carbonyl (C=O) groups excluding carboxylic acids is 1. The standard InChI is InChI=1S/C13H17ClN2O2/c1-9(16-7-6-10(17)8-16)13(18)15-12-5-3-2-4-11(12)14/h2-5,9-10,17H,6-8H2,1H3,(H,15,18)/t9?,10-/m0/s1. The Labute approximate surface area is 112 Å². The molecule has 1 amide bonds. The molecule has 2 N–H and O–H groups in total. The fraction of sp³-hybridized carbons (Fsp3) is 0.462. The van der Waals surface area contributed by atoms with Gasteiger partial charge in [-0.3, -0.25) is 9.69 Å². The Kier molecular flexibility index (Phi) is 4.22. The average Bonchev–Trinajstić information content (AvgIpc) is 2.78. The maximum absolute atomic E-state index is 12.1. The zero-order chi connectivity index (χ0) is 13.1. The van der Waals surface area contributed by atoms with E-state index in [1.807, 2.05) is 24.0 Å². The van der Waals surface area contributed by atoms with Gasteiger partial charge in [-0.05, 0) is 25.5 Å². The molecule has 0 aliphatic carbocycles. The van der Waals surface area contributed by atoms with Crippen LogP contribution in [0.5, 0.6) is 0 Å². The van der Waals surface area contributed by atoms with Crippen LogP contribution in [0, 0.1) is 0 Å². The fourth-order valence-corrected chi connectivity index (χ4v) is 2.27. The summed E-state index contributed by atoms with van der Waals surface area (Å²) in [6, 6.07) is 6.88. The van der Waals surface area contributed by atoms with Gasteiger partial charge in [0.25, 0.3) is 0 Å². The summed E-state index contributed by atoms with van der Waals surface area (Å²) < 4.78 is 0. The third kappa shape index (κ3) is 3.02. The van der Waals surface area contributed by atoms with Crippen molar-refractivity contribution in [3.05, 3.63) is 29.3 Å². The highest BCUT2D eigenvalue weighted by atomic mass is 35.5. The van der Waals surface area contributed by atoms with Gasteiger partial charge in [0.15, 0.2) is 0 Å². The second kappa shape index (κ2) is 5.69. The molecule has 1 saturated heterocycles. The summed E-state index contributed by atoms with van der Waals surface area (Å²) in [5.74, 6) is -0.0998. The van der Waals surface area contributed by atoms with Crippen LogP contribution in [0.3, 0.4) is 0 Å². The van der Waals surface area contributed by atoms with E-state index in [0.717, 1.165) is 13.0 Å². The largest absolute Gasteiger partial charge is 0.392 e. The van der Waals surface area contributed by atoms with E-state index in [2.05, 4.69) is 5.32 Å². The van der Waals surface area contributed by atoms with Crippen LogP contribution in [-0.2, 0) is 4.79 Å². The number of aliphatic hydroxyl groups excluding tert-OH is 1. The highest BCUT2D eigenvalue weighted by Crippen LogP contribution is 2.21. The van der Waals surface area contributed by atoms with Gasteiger partial charge in [0.05, 0.1) is 22.9 Å². The first kappa shape index (κ1) is 13.3. The second-order valence-corrected chi connectivity index (χ2v) is 4.99. The third-order valence-electron chi connectivity index (χ3n) is 3.25. The summed E-state index contributed by atoms with van der Waals surface area (Å²) in [6.07, 6.45) is 0.407. The van der Waals surface area contributed by atoms with Crippen LogP contribution in [0.1, 0.15) is 13.3 Å². The van der Waals surface area contributed by atoms with E-state index in [-0.39, 0.29) is 18.1 Å². The first-order chi connectivity index (χ1) is 8.58. The Balaban J connectivity index is 1.98. The smallest absolute Gasteiger partial charge is 0.241 e. The van der Waals surface area contributed by atoms with Crippen molar-refractivity contribution in [2.75, 3.05) is 18.4 Å². The molecule has 4 nitrogen and oxygen atoms in total. The number of likely N-dealkylation sites (tertiary alicyclic amines) is 1. The molecule has 0 aromatic heterocycles. The maximum Gasteiger partial charge on any atom is 0.241 e. The number of amides is 1. The molecule has 1 fully saturated rings. The molecule has 2 rings (SSSR count). The van der Waals surface area contributed by atoms with Crippen molar-refractivity contribution in [3.8, 4) is 0 Å². The number of hydrogen-bond acceptors (Lipinski definition) is 3. The Morgan fingerprint density at radius 2 is 2.28 bits per heavy atom. The van der Waals surface area contributed by atoms with Crippen molar-refractivity contribution in [1.29, 1.82) is 0 Å². The van der Waals surface area contributed by atoms with Crippen LogP contribution in [-0.4, -0.2) is 41.1 Å². The molecule has 5 heteroatoms. The number of hydrogen-bond donors (Lipinski definition) is 2. The summed E-state index contributed by atoms with van der Waals surface area (Å²) in [7, 11) is 0. The van der Waals surface area contributed by atoms with Gasteiger partial charge in [-0.25, -0.2) is 0 Å². The first-order valence-electron chi connectivity index (χ1n) is 6.05. The lowest BCUT2D eigenvalue weighted by molar-refractivity contribution is -0.120.